The first-order chi connectivity index (χ1) is 10.5. The van der Waals surface area contributed by atoms with E-state index >= 15 is 0 Å². The van der Waals surface area contributed by atoms with Crippen molar-refractivity contribution in [3.05, 3.63) is 28.8 Å². The summed E-state index contributed by atoms with van der Waals surface area (Å²) >= 11 is 0. The summed E-state index contributed by atoms with van der Waals surface area (Å²) in [6.45, 7) is -0.957. The van der Waals surface area contributed by atoms with Crippen LogP contribution < -0.4 is 4.90 Å². The van der Waals surface area contributed by atoms with Gasteiger partial charge in [-0.25, -0.2) is 0 Å². The second-order valence-corrected chi connectivity index (χ2v) is 5.82. The quantitative estimate of drug-likeness (QED) is 0.734. The molecule has 2 heterocycles. The van der Waals surface area contributed by atoms with E-state index in [1.165, 1.54) is 18.0 Å². The first kappa shape index (κ1) is 15.9. The average molecular weight is 338 g/mol. The Hall–Kier alpha value is -1.93. The summed E-state index contributed by atoms with van der Waals surface area (Å²) in [4.78, 5) is 14.3. The van der Waals surface area contributed by atoms with E-state index in [2.05, 4.69) is 0 Å². The van der Waals surface area contributed by atoms with Crippen LogP contribution in [0.25, 0.3) is 0 Å². The number of halogens is 6. The second kappa shape index (κ2) is 4.78. The summed E-state index contributed by atoms with van der Waals surface area (Å²) in [5, 5.41) is 0. The predicted molar refractivity (Wildman–Crippen MR) is 69.0 cm³/mol. The van der Waals surface area contributed by atoms with Gasteiger partial charge in [0.15, 0.2) is 0 Å². The maximum absolute atomic E-state index is 13.2. The lowest BCUT2D eigenvalue weighted by Crippen LogP contribution is -2.53. The summed E-state index contributed by atoms with van der Waals surface area (Å²) in [6.07, 6.45) is -9.03. The van der Waals surface area contributed by atoms with Crippen LogP contribution in [0.4, 0.5) is 32.0 Å². The maximum Gasteiger partial charge on any atom is 0.416 e. The number of hydrogen-bond acceptors (Lipinski definition) is 2. The van der Waals surface area contributed by atoms with E-state index in [4.69, 9.17) is 0 Å². The lowest BCUT2D eigenvalue weighted by Gasteiger charge is -2.42. The molecule has 1 aromatic rings. The van der Waals surface area contributed by atoms with Crippen molar-refractivity contribution < 1.29 is 31.1 Å². The number of anilines is 1. The van der Waals surface area contributed by atoms with Crippen molar-refractivity contribution in [2.45, 2.75) is 18.9 Å². The van der Waals surface area contributed by atoms with Crippen LogP contribution in [0.1, 0.15) is 21.5 Å². The van der Waals surface area contributed by atoms with Crippen molar-refractivity contribution in [2.24, 2.45) is 5.92 Å². The van der Waals surface area contributed by atoms with E-state index in [1.54, 1.807) is 0 Å². The first-order valence-corrected chi connectivity index (χ1v) is 6.79. The number of carbonyl (C=O) groups excluding carboxylic acids is 1. The zero-order valence-electron chi connectivity index (χ0n) is 11.9. The lowest BCUT2D eigenvalue weighted by molar-refractivity contribution is -0.180. The topological polar surface area (TPSA) is 23.6 Å². The molecule has 2 aliphatic rings. The molecule has 0 aliphatic carbocycles. The van der Waals surface area contributed by atoms with Crippen molar-refractivity contribution >= 4 is 11.6 Å². The molecule has 126 valence electrons. The van der Waals surface area contributed by atoms with Gasteiger partial charge in [0.25, 0.3) is 5.91 Å². The van der Waals surface area contributed by atoms with Crippen molar-refractivity contribution in [2.75, 3.05) is 25.0 Å². The van der Waals surface area contributed by atoms with Gasteiger partial charge < -0.3 is 9.80 Å². The molecule has 0 unspecified atom stereocenters. The highest BCUT2D eigenvalue weighted by atomic mass is 19.4. The lowest BCUT2D eigenvalue weighted by atomic mass is 9.95. The van der Waals surface area contributed by atoms with Crippen molar-refractivity contribution in [3.8, 4) is 0 Å². The molecular weight excluding hydrogens is 326 g/mol. The molecular formula is C14H12F6N2O. The number of nitrogens with zero attached hydrogens (tertiary/aromatic N) is 2. The Morgan fingerprint density at radius 3 is 2.22 bits per heavy atom. The zero-order chi connectivity index (χ0) is 17.2. The van der Waals surface area contributed by atoms with E-state index in [1.807, 2.05) is 0 Å². The maximum atomic E-state index is 13.2. The summed E-state index contributed by atoms with van der Waals surface area (Å²) < 4.78 is 77.2. The third-order valence-electron chi connectivity index (χ3n) is 4.22. The predicted octanol–water partition coefficient (Wildman–Crippen LogP) is 3.29. The number of benzene rings is 1. The number of hydrogen-bond donors (Lipinski definition) is 0. The SMILES string of the molecule is CN1Cc2c(cc(N3CC(C(F)(F)F)C3)cc2C(F)(F)F)C1=O. The van der Waals surface area contributed by atoms with Crippen LogP contribution in [0, 0.1) is 5.92 Å². The van der Waals surface area contributed by atoms with Crippen molar-refractivity contribution in [1.82, 2.24) is 4.90 Å². The molecule has 1 saturated heterocycles. The summed E-state index contributed by atoms with van der Waals surface area (Å²) in [6, 6.07) is 2.08. The molecule has 0 atom stereocenters. The standard InChI is InChI=1S/C14H12F6N2O/c1-21-6-10-9(12(21)23)2-8(3-11(10)14(18,19)20)22-4-7(5-22)13(15,16)17/h2-3,7H,4-6H2,1H3. The molecule has 1 amide bonds. The molecule has 0 aromatic heterocycles. The van der Waals surface area contributed by atoms with Crippen LogP contribution in [-0.2, 0) is 12.7 Å². The van der Waals surface area contributed by atoms with Gasteiger partial charge in [-0.05, 0) is 17.7 Å². The van der Waals surface area contributed by atoms with Gasteiger partial charge in [0, 0.05) is 37.9 Å². The van der Waals surface area contributed by atoms with E-state index < -0.39 is 42.8 Å². The van der Waals surface area contributed by atoms with Crippen LogP contribution in [-0.4, -0.2) is 37.1 Å². The molecule has 2 aliphatic heterocycles. The Bertz CT molecular complexity index is 660. The van der Waals surface area contributed by atoms with Gasteiger partial charge in [0.1, 0.15) is 0 Å². The normalized spacial score (nSPS) is 19.2. The van der Waals surface area contributed by atoms with Crippen molar-refractivity contribution in [3.63, 3.8) is 0 Å². The van der Waals surface area contributed by atoms with E-state index in [-0.39, 0.29) is 23.4 Å². The molecule has 0 bridgehead atoms. The molecule has 9 heteroatoms. The fourth-order valence-electron chi connectivity index (χ4n) is 2.86. The Kier molecular flexibility index (Phi) is 3.32. The molecule has 0 saturated carbocycles. The molecule has 0 spiro atoms. The van der Waals surface area contributed by atoms with Gasteiger partial charge >= 0.3 is 12.4 Å². The Labute approximate surface area is 127 Å². The van der Waals surface area contributed by atoms with Gasteiger partial charge in [-0.1, -0.05) is 0 Å². The second-order valence-electron chi connectivity index (χ2n) is 5.82. The van der Waals surface area contributed by atoms with Crippen LogP contribution in [0.15, 0.2) is 12.1 Å². The third kappa shape index (κ3) is 2.61. The number of alkyl halides is 6. The largest absolute Gasteiger partial charge is 0.416 e. The summed E-state index contributed by atoms with van der Waals surface area (Å²) in [5.41, 5.74) is -1.17. The number of fused-ring (bicyclic) bond motifs is 1. The highest BCUT2D eigenvalue weighted by Gasteiger charge is 2.48. The van der Waals surface area contributed by atoms with Gasteiger partial charge in [-0.15, -0.1) is 0 Å². The molecule has 3 rings (SSSR count). The van der Waals surface area contributed by atoms with Crippen molar-refractivity contribution in [1.29, 1.82) is 0 Å². The number of amides is 1. The Morgan fingerprint density at radius 1 is 1.09 bits per heavy atom. The Morgan fingerprint density at radius 2 is 1.70 bits per heavy atom. The highest BCUT2D eigenvalue weighted by Crippen LogP contribution is 2.42. The smallest absolute Gasteiger partial charge is 0.370 e. The van der Waals surface area contributed by atoms with Crippen LogP contribution >= 0.6 is 0 Å². The molecule has 0 N–H and O–H groups in total. The van der Waals surface area contributed by atoms with Gasteiger partial charge in [-0.3, -0.25) is 4.79 Å². The molecule has 1 fully saturated rings. The fraction of sp³-hybridized carbons (Fsp3) is 0.500. The first-order valence-electron chi connectivity index (χ1n) is 6.79. The molecule has 3 nitrogen and oxygen atoms in total. The minimum absolute atomic E-state index is 0.000208. The summed E-state index contributed by atoms with van der Waals surface area (Å²) in [5.74, 6) is -2.11. The van der Waals surface area contributed by atoms with Gasteiger partial charge in [0.2, 0.25) is 0 Å². The minimum atomic E-state index is -4.67. The number of rotatable bonds is 1. The van der Waals surface area contributed by atoms with E-state index in [0.717, 1.165) is 11.0 Å². The fourth-order valence-corrected chi connectivity index (χ4v) is 2.86. The molecule has 23 heavy (non-hydrogen) atoms. The monoisotopic (exact) mass is 338 g/mol. The summed E-state index contributed by atoms with van der Waals surface area (Å²) in [7, 11) is 1.38. The Balaban J connectivity index is 1.97. The van der Waals surface area contributed by atoms with E-state index in [9.17, 15) is 31.1 Å². The van der Waals surface area contributed by atoms with Crippen LogP contribution in [0.2, 0.25) is 0 Å². The minimum Gasteiger partial charge on any atom is -0.370 e. The average Bonchev–Trinajstić information content (AvgIpc) is 2.60. The highest BCUT2D eigenvalue weighted by molar-refractivity contribution is 5.99. The zero-order valence-corrected chi connectivity index (χ0v) is 11.9. The van der Waals surface area contributed by atoms with Crippen LogP contribution in [0.3, 0.4) is 0 Å². The molecule has 0 radical (unpaired) electrons. The third-order valence-corrected chi connectivity index (χ3v) is 4.22. The van der Waals surface area contributed by atoms with Crippen LogP contribution in [0.5, 0.6) is 0 Å². The molecule has 1 aromatic carbocycles. The van der Waals surface area contributed by atoms with Gasteiger partial charge in [0.05, 0.1) is 11.5 Å². The van der Waals surface area contributed by atoms with E-state index in [0.29, 0.717) is 0 Å². The number of carbonyl (C=O) groups is 1. The van der Waals surface area contributed by atoms with Gasteiger partial charge in [-0.2, -0.15) is 26.3 Å².